The van der Waals surface area contributed by atoms with E-state index < -0.39 is 38.5 Å². The highest BCUT2D eigenvalue weighted by Crippen LogP contribution is 2.39. The van der Waals surface area contributed by atoms with Crippen molar-refractivity contribution < 1.29 is 26.4 Å². The maximum Gasteiger partial charge on any atom is 0.417 e. The molecule has 2 saturated heterocycles. The second-order valence-electron chi connectivity index (χ2n) is 8.96. The number of benzene rings is 1. The molecule has 0 unspecified atom stereocenters. The lowest BCUT2D eigenvalue weighted by molar-refractivity contribution is -0.137. The molecular weight excluding hydrogens is 457 g/mol. The van der Waals surface area contributed by atoms with E-state index in [1.54, 1.807) is 19.9 Å². The normalized spacial score (nSPS) is 23.0. The maximum absolute atomic E-state index is 13.3. The molecule has 1 aromatic carbocycles. The molecule has 182 valence electrons. The second-order valence-corrected chi connectivity index (χ2v) is 11.4. The zero-order valence-corrected chi connectivity index (χ0v) is 19.7. The summed E-state index contributed by atoms with van der Waals surface area (Å²) in [7, 11) is -1.96. The Kier molecular flexibility index (Phi) is 7.29. The quantitative estimate of drug-likeness (QED) is 0.691. The van der Waals surface area contributed by atoms with Crippen molar-refractivity contribution in [3.8, 4) is 6.07 Å². The molecule has 1 amide bonds. The van der Waals surface area contributed by atoms with E-state index in [0.29, 0.717) is 31.6 Å². The van der Waals surface area contributed by atoms with E-state index in [1.165, 1.54) is 23.5 Å². The van der Waals surface area contributed by atoms with Gasteiger partial charge in [-0.25, -0.2) is 12.7 Å². The van der Waals surface area contributed by atoms with Crippen molar-refractivity contribution in [1.82, 2.24) is 9.62 Å². The number of nitrogens with one attached hydrogen (secondary N) is 1. The minimum absolute atomic E-state index is 0.0800. The first-order chi connectivity index (χ1) is 15.4. The van der Waals surface area contributed by atoms with Crippen LogP contribution in [0.5, 0.6) is 0 Å². The lowest BCUT2D eigenvalue weighted by Crippen LogP contribution is -2.41. The number of carbonyl (C=O) groups excluding carboxylic acids is 1. The number of hydrogen-bond acceptors (Lipinski definition) is 5. The van der Waals surface area contributed by atoms with E-state index >= 15 is 0 Å². The molecule has 3 rings (SSSR count). The molecule has 1 N–H and O–H groups in total. The van der Waals surface area contributed by atoms with Gasteiger partial charge in [-0.1, -0.05) is 0 Å². The van der Waals surface area contributed by atoms with Gasteiger partial charge < -0.3 is 10.2 Å². The van der Waals surface area contributed by atoms with Gasteiger partial charge in [0.25, 0.3) is 0 Å². The topological polar surface area (TPSA) is 93.5 Å². The van der Waals surface area contributed by atoms with Gasteiger partial charge in [0.2, 0.25) is 15.9 Å². The Bertz CT molecular complexity index is 1030. The number of hydrogen-bond donors (Lipinski definition) is 1. The van der Waals surface area contributed by atoms with Crippen LogP contribution in [0.1, 0.15) is 37.8 Å². The van der Waals surface area contributed by atoms with E-state index in [0.717, 1.165) is 6.07 Å². The Balaban J connectivity index is 1.76. The summed E-state index contributed by atoms with van der Waals surface area (Å²) in [5, 5.41) is 11.1. The van der Waals surface area contributed by atoms with Crippen LogP contribution in [-0.4, -0.2) is 57.1 Å². The molecule has 2 aliphatic heterocycles. The largest absolute Gasteiger partial charge is 0.417 e. The highest BCUT2D eigenvalue weighted by Gasteiger charge is 2.46. The Morgan fingerprint density at radius 1 is 1.21 bits per heavy atom. The number of carbonyl (C=O) groups is 1. The molecule has 2 fully saturated rings. The van der Waals surface area contributed by atoms with Crippen LogP contribution in [0.2, 0.25) is 0 Å². The number of piperidine rings is 1. The summed E-state index contributed by atoms with van der Waals surface area (Å²) in [6.45, 7) is 4.63. The maximum atomic E-state index is 13.3. The van der Waals surface area contributed by atoms with Crippen LogP contribution in [0.15, 0.2) is 18.2 Å². The van der Waals surface area contributed by atoms with E-state index in [1.807, 2.05) is 4.90 Å². The lowest BCUT2D eigenvalue weighted by Gasteiger charge is -2.37. The molecule has 2 heterocycles. The summed E-state index contributed by atoms with van der Waals surface area (Å²) in [4.78, 5) is 14.4. The second kappa shape index (κ2) is 9.50. The first-order valence-electron chi connectivity index (χ1n) is 11.0. The van der Waals surface area contributed by atoms with Crippen molar-refractivity contribution in [2.24, 2.45) is 17.8 Å². The minimum Gasteiger partial charge on any atom is -0.372 e. The predicted molar refractivity (Wildman–Crippen MR) is 118 cm³/mol. The fourth-order valence-corrected chi connectivity index (χ4v) is 6.23. The average molecular weight is 487 g/mol. The molecule has 11 heteroatoms. The number of nitriles is 1. The zero-order chi connectivity index (χ0) is 24.6. The molecule has 0 aliphatic carbocycles. The highest BCUT2D eigenvalue weighted by molar-refractivity contribution is 7.89. The molecule has 2 aliphatic rings. The van der Waals surface area contributed by atoms with Crippen molar-refractivity contribution in [2.75, 3.05) is 38.1 Å². The third-order valence-corrected chi connectivity index (χ3v) is 9.02. The van der Waals surface area contributed by atoms with Crippen LogP contribution in [0, 0.1) is 29.1 Å². The van der Waals surface area contributed by atoms with E-state index in [4.69, 9.17) is 5.26 Å². The standard InChI is InChI=1S/C22H29F3N4O3S/c1-14(2)33(31,32)29-12-18(19(13-29)21(30)27-3)15-6-8-28(9-7-15)17-5-4-16(11-26)20(10-17)22(23,24)25/h4-5,10,14-15,18-19H,6-9,12-13H2,1-3H3,(H,27,30)/t18-,19+/m0/s1. The van der Waals surface area contributed by atoms with Gasteiger partial charge in [0.05, 0.1) is 28.4 Å². The molecule has 33 heavy (non-hydrogen) atoms. The van der Waals surface area contributed by atoms with Crippen LogP contribution in [0.25, 0.3) is 0 Å². The van der Waals surface area contributed by atoms with Gasteiger partial charge in [0.15, 0.2) is 0 Å². The van der Waals surface area contributed by atoms with E-state index in [-0.39, 0.29) is 30.8 Å². The van der Waals surface area contributed by atoms with Crippen molar-refractivity contribution in [1.29, 1.82) is 5.26 Å². The van der Waals surface area contributed by atoms with Crippen molar-refractivity contribution in [3.05, 3.63) is 29.3 Å². The molecular formula is C22H29F3N4O3S. The number of rotatable bonds is 5. The molecule has 0 spiro atoms. The summed E-state index contributed by atoms with van der Waals surface area (Å²) in [6.07, 6.45) is -3.35. The smallest absolute Gasteiger partial charge is 0.372 e. The van der Waals surface area contributed by atoms with Crippen LogP contribution in [-0.2, 0) is 21.0 Å². The first-order valence-corrected chi connectivity index (χ1v) is 12.5. The van der Waals surface area contributed by atoms with Crippen molar-refractivity contribution in [2.45, 2.75) is 38.1 Å². The fraction of sp³-hybridized carbons (Fsp3) is 0.636. The monoisotopic (exact) mass is 486 g/mol. The fourth-order valence-electron chi connectivity index (χ4n) is 4.88. The Morgan fingerprint density at radius 3 is 2.36 bits per heavy atom. The number of anilines is 1. The lowest BCUT2D eigenvalue weighted by atomic mass is 9.78. The van der Waals surface area contributed by atoms with E-state index in [9.17, 15) is 26.4 Å². The predicted octanol–water partition coefficient (Wildman–Crippen LogP) is 2.83. The summed E-state index contributed by atoms with van der Waals surface area (Å²) in [5.41, 5.74) is -0.959. The Labute approximate surface area is 192 Å². The minimum atomic E-state index is -4.62. The Morgan fingerprint density at radius 2 is 1.85 bits per heavy atom. The van der Waals surface area contributed by atoms with E-state index in [2.05, 4.69) is 5.32 Å². The van der Waals surface area contributed by atoms with Crippen LogP contribution < -0.4 is 10.2 Å². The van der Waals surface area contributed by atoms with Gasteiger partial charge in [-0.05, 0) is 56.7 Å². The van der Waals surface area contributed by atoms with Gasteiger partial charge in [-0.15, -0.1) is 0 Å². The van der Waals surface area contributed by atoms with Gasteiger partial charge >= 0.3 is 6.18 Å². The molecule has 0 aromatic heterocycles. The van der Waals surface area contributed by atoms with Crippen molar-refractivity contribution >= 4 is 21.6 Å². The zero-order valence-electron chi connectivity index (χ0n) is 18.9. The number of amides is 1. The van der Waals surface area contributed by atoms with Gasteiger partial charge in [-0.2, -0.15) is 18.4 Å². The van der Waals surface area contributed by atoms with Gasteiger partial charge in [0, 0.05) is 38.9 Å². The number of sulfonamides is 1. The average Bonchev–Trinajstić information content (AvgIpc) is 3.24. The third kappa shape index (κ3) is 5.11. The number of nitrogens with zero attached hydrogens (tertiary/aromatic N) is 3. The SMILES string of the molecule is CNC(=O)[C@@H]1CN(S(=O)(=O)C(C)C)C[C@H]1C1CCN(c2ccc(C#N)c(C(F)(F)F)c2)CC1. The summed E-state index contributed by atoms with van der Waals surface area (Å²) >= 11 is 0. The summed E-state index contributed by atoms with van der Waals surface area (Å²) in [6, 6.07) is 5.32. The van der Waals surface area contributed by atoms with Crippen molar-refractivity contribution in [3.63, 3.8) is 0 Å². The van der Waals surface area contributed by atoms with Crippen LogP contribution in [0.3, 0.4) is 0 Å². The first kappa shape index (κ1) is 25.3. The summed E-state index contributed by atoms with van der Waals surface area (Å²) in [5.74, 6) is -0.707. The number of halogens is 3. The Hall–Kier alpha value is -2.32. The molecule has 0 saturated carbocycles. The highest BCUT2D eigenvalue weighted by atomic mass is 32.2. The van der Waals surface area contributed by atoms with Gasteiger partial charge in [0.1, 0.15) is 0 Å². The third-order valence-electron chi connectivity index (χ3n) is 6.81. The number of alkyl halides is 3. The molecule has 2 atom stereocenters. The molecule has 1 aromatic rings. The van der Waals surface area contributed by atoms with Gasteiger partial charge in [-0.3, -0.25) is 4.79 Å². The molecule has 0 bridgehead atoms. The molecule has 0 radical (unpaired) electrons. The van der Waals surface area contributed by atoms with Crippen LogP contribution in [0.4, 0.5) is 18.9 Å². The van der Waals surface area contributed by atoms with Crippen LogP contribution >= 0.6 is 0 Å². The molecule has 7 nitrogen and oxygen atoms in total. The summed E-state index contributed by atoms with van der Waals surface area (Å²) < 4.78 is 66.8.